The van der Waals surface area contributed by atoms with Crippen molar-refractivity contribution in [3.05, 3.63) is 30.3 Å². The molecule has 2 unspecified atom stereocenters. The van der Waals surface area contributed by atoms with Crippen LogP contribution in [0.3, 0.4) is 0 Å². The lowest BCUT2D eigenvalue weighted by Crippen LogP contribution is -2.26. The van der Waals surface area contributed by atoms with E-state index in [1.165, 1.54) is 56.7 Å². The van der Waals surface area contributed by atoms with Gasteiger partial charge in [0.1, 0.15) is 0 Å². The van der Waals surface area contributed by atoms with Crippen LogP contribution in [0.4, 0.5) is 0 Å². The van der Waals surface area contributed by atoms with E-state index >= 15 is 0 Å². The van der Waals surface area contributed by atoms with Crippen LogP contribution in [0.1, 0.15) is 51.4 Å². The Morgan fingerprint density at radius 2 is 1.48 bits per heavy atom. The molecule has 2 saturated carbocycles. The largest absolute Gasteiger partial charge is 0.396 e. The maximum Gasteiger partial charge on any atom is 0.0936 e. The van der Waals surface area contributed by atoms with Gasteiger partial charge in [-0.1, -0.05) is 50.3 Å². The lowest BCUT2D eigenvalue weighted by atomic mass is 10.1. The standard InChI is InChI=1S/C14H22OP.C5H10/c1-16(2,13-8-4-3-5-9-13)14-10-6-7-12(14)11-15;1-2-4-5-3-1/h3-5,8-9,12,14-15H,6-7,10-11H2,1-2H3;1-5H2/q+1;. The molecule has 21 heavy (non-hydrogen) atoms. The summed E-state index contributed by atoms with van der Waals surface area (Å²) in [6.45, 7) is 5.24. The normalized spacial score (nSPS) is 25.5. The molecule has 2 atom stereocenters. The lowest BCUT2D eigenvalue weighted by molar-refractivity contribution is 0.232. The Kier molecular flexibility index (Phi) is 6.71. The molecular weight excluding hydrogens is 275 g/mol. The van der Waals surface area contributed by atoms with E-state index in [1.54, 1.807) is 0 Å². The van der Waals surface area contributed by atoms with Gasteiger partial charge in [-0.3, -0.25) is 0 Å². The topological polar surface area (TPSA) is 20.2 Å². The molecule has 2 heteroatoms. The summed E-state index contributed by atoms with van der Waals surface area (Å²) in [5.74, 6) is 0.545. The third-order valence-electron chi connectivity index (χ3n) is 5.35. The van der Waals surface area contributed by atoms with Gasteiger partial charge in [-0.15, -0.1) is 0 Å². The zero-order chi connectivity index (χ0) is 15.1. The van der Waals surface area contributed by atoms with E-state index in [9.17, 15) is 5.11 Å². The third-order valence-corrected chi connectivity index (χ3v) is 9.32. The Morgan fingerprint density at radius 1 is 0.905 bits per heavy atom. The predicted molar refractivity (Wildman–Crippen MR) is 96.1 cm³/mol. The van der Waals surface area contributed by atoms with Crippen LogP contribution in [-0.2, 0) is 0 Å². The van der Waals surface area contributed by atoms with Gasteiger partial charge >= 0.3 is 0 Å². The quantitative estimate of drug-likeness (QED) is 0.802. The van der Waals surface area contributed by atoms with Crippen molar-refractivity contribution in [1.82, 2.24) is 0 Å². The van der Waals surface area contributed by atoms with Crippen molar-refractivity contribution < 1.29 is 5.11 Å². The molecule has 1 aromatic carbocycles. The van der Waals surface area contributed by atoms with E-state index in [1.807, 2.05) is 0 Å². The van der Waals surface area contributed by atoms with Crippen LogP contribution >= 0.6 is 7.26 Å². The molecule has 2 fully saturated rings. The highest BCUT2D eigenvalue weighted by atomic mass is 31.2. The Labute approximate surface area is 131 Å². The molecule has 0 aromatic heterocycles. The first-order valence-electron chi connectivity index (χ1n) is 8.66. The molecule has 0 amide bonds. The summed E-state index contributed by atoms with van der Waals surface area (Å²) < 4.78 is 0. The SMILES string of the molecule is C1CCCC1.C[P+](C)(c1ccccc1)C1CCCC1CO. The van der Waals surface area contributed by atoms with E-state index in [0.717, 1.165) is 5.66 Å². The molecule has 0 heterocycles. The summed E-state index contributed by atoms with van der Waals surface area (Å²) in [5, 5.41) is 11.0. The van der Waals surface area contributed by atoms with Gasteiger partial charge in [0, 0.05) is 19.8 Å². The van der Waals surface area contributed by atoms with Crippen LogP contribution in [0.15, 0.2) is 30.3 Å². The zero-order valence-corrected chi connectivity index (χ0v) is 14.7. The molecule has 1 aromatic rings. The monoisotopic (exact) mass is 307 g/mol. The first-order chi connectivity index (χ1) is 10.2. The van der Waals surface area contributed by atoms with Crippen LogP contribution in [0.2, 0.25) is 0 Å². The fourth-order valence-electron chi connectivity index (χ4n) is 3.97. The summed E-state index contributed by atoms with van der Waals surface area (Å²) in [7, 11) is -1.08. The van der Waals surface area contributed by atoms with E-state index < -0.39 is 7.26 Å². The van der Waals surface area contributed by atoms with Gasteiger partial charge < -0.3 is 5.11 Å². The number of rotatable bonds is 3. The Hall–Kier alpha value is -0.390. The van der Waals surface area contributed by atoms with Gasteiger partial charge in [0.25, 0.3) is 0 Å². The highest BCUT2D eigenvalue weighted by Crippen LogP contribution is 2.61. The maximum atomic E-state index is 9.46. The molecular formula is C19H32OP+. The first kappa shape index (κ1) is 17.0. The van der Waals surface area contributed by atoms with Crippen LogP contribution in [-0.4, -0.2) is 30.7 Å². The van der Waals surface area contributed by atoms with E-state index in [2.05, 4.69) is 43.7 Å². The van der Waals surface area contributed by atoms with Gasteiger partial charge in [-0.25, -0.2) is 0 Å². The second-order valence-corrected chi connectivity index (χ2v) is 11.3. The lowest BCUT2D eigenvalue weighted by Gasteiger charge is -2.28. The second-order valence-electron chi connectivity index (χ2n) is 7.08. The van der Waals surface area contributed by atoms with E-state index in [4.69, 9.17) is 0 Å². The zero-order valence-electron chi connectivity index (χ0n) is 13.8. The average molecular weight is 307 g/mol. The third kappa shape index (κ3) is 4.54. The molecule has 0 saturated heterocycles. The Morgan fingerprint density at radius 3 is 2.00 bits per heavy atom. The number of aliphatic hydroxyl groups excluding tert-OH is 1. The van der Waals surface area contributed by atoms with Gasteiger partial charge in [-0.05, 0) is 31.4 Å². The molecule has 118 valence electrons. The first-order valence-corrected chi connectivity index (χ1v) is 11.4. The molecule has 3 rings (SSSR count). The smallest absolute Gasteiger partial charge is 0.0936 e. The molecule has 1 N–H and O–H groups in total. The minimum Gasteiger partial charge on any atom is -0.396 e. The van der Waals surface area contributed by atoms with E-state index in [-0.39, 0.29) is 0 Å². The van der Waals surface area contributed by atoms with Gasteiger partial charge in [0.2, 0.25) is 0 Å². The molecule has 0 radical (unpaired) electrons. The Bertz CT molecular complexity index is 390. The van der Waals surface area contributed by atoms with Crippen LogP contribution in [0.5, 0.6) is 0 Å². The highest BCUT2D eigenvalue weighted by Gasteiger charge is 2.45. The van der Waals surface area contributed by atoms with Crippen molar-refractivity contribution in [2.24, 2.45) is 5.92 Å². The maximum absolute atomic E-state index is 9.46. The second kappa shape index (κ2) is 8.30. The summed E-state index contributed by atoms with van der Waals surface area (Å²) >= 11 is 0. The fourth-order valence-corrected chi connectivity index (χ4v) is 7.42. The average Bonchev–Trinajstić information content (AvgIpc) is 3.22. The molecule has 2 aliphatic rings. The van der Waals surface area contributed by atoms with Gasteiger partial charge in [0.05, 0.1) is 24.3 Å². The minimum atomic E-state index is -1.08. The van der Waals surface area contributed by atoms with Crippen LogP contribution < -0.4 is 5.30 Å². The molecule has 0 aliphatic heterocycles. The molecule has 1 nitrogen and oxygen atoms in total. The molecule has 2 aliphatic carbocycles. The number of hydrogen-bond donors (Lipinski definition) is 1. The summed E-state index contributed by atoms with van der Waals surface area (Å²) in [5.41, 5.74) is 0.736. The van der Waals surface area contributed by atoms with Gasteiger partial charge in [0.15, 0.2) is 0 Å². The number of hydrogen-bond acceptors (Lipinski definition) is 1. The van der Waals surface area contributed by atoms with Crippen LogP contribution in [0.25, 0.3) is 0 Å². The minimum absolute atomic E-state index is 0.376. The summed E-state index contributed by atoms with van der Waals surface area (Å²) in [6, 6.07) is 10.9. The number of aliphatic hydroxyl groups is 1. The summed E-state index contributed by atoms with van der Waals surface area (Å²) in [6.07, 6.45) is 11.3. The van der Waals surface area contributed by atoms with Crippen molar-refractivity contribution in [1.29, 1.82) is 0 Å². The van der Waals surface area contributed by atoms with Gasteiger partial charge in [-0.2, -0.15) is 0 Å². The van der Waals surface area contributed by atoms with Crippen molar-refractivity contribution in [2.75, 3.05) is 19.9 Å². The summed E-state index contributed by atoms with van der Waals surface area (Å²) in [4.78, 5) is 0. The fraction of sp³-hybridized carbons (Fsp3) is 0.684. The Balaban J connectivity index is 0.000000272. The van der Waals surface area contributed by atoms with Crippen LogP contribution in [0, 0.1) is 5.92 Å². The predicted octanol–water partition coefficient (Wildman–Crippen LogP) is 4.70. The molecule has 0 bridgehead atoms. The van der Waals surface area contributed by atoms with Crippen molar-refractivity contribution in [2.45, 2.75) is 57.0 Å². The highest BCUT2D eigenvalue weighted by molar-refractivity contribution is 7.82. The molecule has 0 spiro atoms. The van der Waals surface area contributed by atoms with E-state index in [0.29, 0.717) is 12.5 Å². The number of benzene rings is 1. The van der Waals surface area contributed by atoms with Crippen molar-refractivity contribution in [3.63, 3.8) is 0 Å². The van der Waals surface area contributed by atoms with Crippen molar-refractivity contribution in [3.8, 4) is 0 Å². The van der Waals surface area contributed by atoms with Crippen molar-refractivity contribution >= 4 is 12.6 Å².